The highest BCUT2D eigenvalue weighted by Crippen LogP contribution is 2.31. The largest absolute Gasteiger partial charge is 0.508 e. The lowest BCUT2D eigenvalue weighted by Crippen LogP contribution is -2.40. The van der Waals surface area contributed by atoms with Gasteiger partial charge in [0.25, 0.3) is 0 Å². The third-order valence-electron chi connectivity index (χ3n) is 4.97. The zero-order valence-electron chi connectivity index (χ0n) is 14.1. The normalized spacial score (nSPS) is 18.0. The van der Waals surface area contributed by atoms with Gasteiger partial charge < -0.3 is 10.0 Å². The fourth-order valence-corrected chi connectivity index (χ4v) is 3.14. The smallest absolute Gasteiger partial charge is 0.115 e. The van der Waals surface area contributed by atoms with Gasteiger partial charge in [0.05, 0.1) is 0 Å². The van der Waals surface area contributed by atoms with Crippen LogP contribution in [0, 0.1) is 18.8 Å². The molecule has 0 spiro atoms. The van der Waals surface area contributed by atoms with Crippen LogP contribution in [0.15, 0.2) is 18.2 Å². The molecule has 21 heavy (non-hydrogen) atoms. The van der Waals surface area contributed by atoms with Crippen LogP contribution in [0.4, 0.5) is 0 Å². The molecule has 1 fully saturated rings. The molecular formula is C19H31NO. The van der Waals surface area contributed by atoms with Gasteiger partial charge in [0.15, 0.2) is 0 Å². The van der Waals surface area contributed by atoms with Crippen LogP contribution in [-0.2, 0) is 6.42 Å². The minimum Gasteiger partial charge on any atom is -0.508 e. The molecule has 0 unspecified atom stereocenters. The van der Waals surface area contributed by atoms with Gasteiger partial charge in [0, 0.05) is 12.6 Å². The lowest BCUT2D eigenvalue weighted by molar-refractivity contribution is 0.154. The molecule has 1 aromatic rings. The molecule has 0 amide bonds. The molecule has 1 aliphatic carbocycles. The highest BCUT2D eigenvalue weighted by molar-refractivity contribution is 5.34. The topological polar surface area (TPSA) is 23.5 Å². The van der Waals surface area contributed by atoms with Crippen molar-refractivity contribution in [1.29, 1.82) is 0 Å². The number of rotatable bonds is 8. The Kier molecular flexibility index (Phi) is 5.69. The number of phenolic OH excluding ortho intramolecular Hbond substituents is 1. The molecular weight excluding hydrogens is 258 g/mol. The molecule has 0 aromatic heterocycles. The van der Waals surface area contributed by atoms with Gasteiger partial charge in [-0.15, -0.1) is 0 Å². The van der Waals surface area contributed by atoms with Crippen LogP contribution in [0.2, 0.25) is 0 Å². The van der Waals surface area contributed by atoms with Gasteiger partial charge in [0.1, 0.15) is 5.75 Å². The lowest BCUT2D eigenvalue weighted by Gasteiger charge is -2.33. The number of aromatic hydroxyl groups is 1. The van der Waals surface area contributed by atoms with Crippen LogP contribution in [0.5, 0.6) is 5.75 Å². The molecule has 0 saturated heterocycles. The number of phenols is 1. The summed E-state index contributed by atoms with van der Waals surface area (Å²) in [4.78, 5) is 2.68. The van der Waals surface area contributed by atoms with Crippen molar-refractivity contribution in [2.75, 3.05) is 13.1 Å². The van der Waals surface area contributed by atoms with Crippen molar-refractivity contribution < 1.29 is 5.11 Å². The Balaban J connectivity index is 1.99. The van der Waals surface area contributed by atoms with Gasteiger partial charge in [-0.25, -0.2) is 0 Å². The summed E-state index contributed by atoms with van der Waals surface area (Å²) in [6.07, 6.45) is 5.13. The van der Waals surface area contributed by atoms with Gasteiger partial charge in [-0.1, -0.05) is 19.9 Å². The Labute approximate surface area is 130 Å². The number of hydrogen-bond acceptors (Lipinski definition) is 2. The predicted molar refractivity (Wildman–Crippen MR) is 89.8 cm³/mol. The van der Waals surface area contributed by atoms with Crippen molar-refractivity contribution in [2.24, 2.45) is 11.8 Å². The molecule has 0 bridgehead atoms. The Bertz CT molecular complexity index is 453. The first-order valence-electron chi connectivity index (χ1n) is 8.53. The van der Waals surface area contributed by atoms with Crippen molar-refractivity contribution in [3.63, 3.8) is 0 Å². The number of nitrogens with zero attached hydrogens (tertiary/aromatic N) is 1. The first kappa shape index (κ1) is 16.4. The third-order valence-corrected chi connectivity index (χ3v) is 4.97. The number of benzene rings is 1. The molecule has 2 nitrogen and oxygen atoms in total. The quantitative estimate of drug-likeness (QED) is 0.767. The summed E-state index contributed by atoms with van der Waals surface area (Å²) in [5.74, 6) is 1.95. The van der Waals surface area contributed by atoms with Gasteiger partial charge in [-0.3, -0.25) is 0 Å². The molecule has 1 aliphatic rings. The molecule has 0 radical (unpaired) electrons. The third kappa shape index (κ3) is 4.74. The van der Waals surface area contributed by atoms with Crippen molar-refractivity contribution in [3.05, 3.63) is 29.3 Å². The van der Waals surface area contributed by atoms with Crippen molar-refractivity contribution in [1.82, 2.24) is 4.90 Å². The van der Waals surface area contributed by atoms with E-state index in [1.165, 1.54) is 43.5 Å². The molecule has 118 valence electrons. The molecule has 2 rings (SSSR count). The van der Waals surface area contributed by atoms with Crippen LogP contribution in [0.3, 0.4) is 0 Å². The molecule has 1 N–H and O–H groups in total. The average molecular weight is 289 g/mol. The van der Waals surface area contributed by atoms with E-state index in [2.05, 4.69) is 32.6 Å². The van der Waals surface area contributed by atoms with E-state index in [1.54, 1.807) is 6.07 Å². The first-order chi connectivity index (χ1) is 10.0. The van der Waals surface area contributed by atoms with E-state index in [1.807, 2.05) is 12.1 Å². The first-order valence-corrected chi connectivity index (χ1v) is 8.53. The van der Waals surface area contributed by atoms with Gasteiger partial charge in [0.2, 0.25) is 0 Å². The highest BCUT2D eigenvalue weighted by Gasteiger charge is 2.28. The maximum absolute atomic E-state index is 9.70. The monoisotopic (exact) mass is 289 g/mol. The zero-order chi connectivity index (χ0) is 15.4. The van der Waals surface area contributed by atoms with Crippen molar-refractivity contribution in [2.45, 2.75) is 59.4 Å². The Morgan fingerprint density at radius 1 is 1.29 bits per heavy atom. The highest BCUT2D eigenvalue weighted by atomic mass is 16.3. The maximum atomic E-state index is 9.70. The number of aryl methyl sites for hydroxylation is 1. The van der Waals surface area contributed by atoms with E-state index < -0.39 is 0 Å². The van der Waals surface area contributed by atoms with Gasteiger partial charge in [-0.2, -0.15) is 0 Å². The van der Waals surface area contributed by atoms with Gasteiger partial charge in [-0.05, 0) is 81.2 Å². The van der Waals surface area contributed by atoms with Crippen molar-refractivity contribution >= 4 is 0 Å². The van der Waals surface area contributed by atoms with Crippen LogP contribution >= 0.6 is 0 Å². The molecule has 1 aromatic carbocycles. The minimum atomic E-state index is 0.388. The zero-order valence-corrected chi connectivity index (χ0v) is 14.1. The molecule has 0 aliphatic heterocycles. The van der Waals surface area contributed by atoms with E-state index >= 15 is 0 Å². The summed E-state index contributed by atoms with van der Waals surface area (Å²) in [6.45, 7) is 11.6. The fourth-order valence-electron chi connectivity index (χ4n) is 3.14. The second-order valence-electron chi connectivity index (χ2n) is 6.97. The van der Waals surface area contributed by atoms with E-state index in [-0.39, 0.29) is 0 Å². The van der Waals surface area contributed by atoms with E-state index in [0.717, 1.165) is 12.3 Å². The summed E-state index contributed by atoms with van der Waals surface area (Å²) < 4.78 is 0. The summed E-state index contributed by atoms with van der Waals surface area (Å²) >= 11 is 0. The molecule has 1 saturated carbocycles. The maximum Gasteiger partial charge on any atom is 0.115 e. The summed E-state index contributed by atoms with van der Waals surface area (Å²) in [5.41, 5.74) is 2.58. The molecule has 0 heterocycles. The Hall–Kier alpha value is -1.02. The van der Waals surface area contributed by atoms with Gasteiger partial charge >= 0.3 is 0 Å². The predicted octanol–water partition coefficient (Wildman–Crippen LogP) is 4.39. The Morgan fingerprint density at radius 3 is 2.62 bits per heavy atom. The second kappa shape index (κ2) is 7.31. The van der Waals surface area contributed by atoms with Crippen molar-refractivity contribution in [3.8, 4) is 5.75 Å². The number of hydrogen-bond donors (Lipinski definition) is 1. The fraction of sp³-hybridized carbons (Fsp3) is 0.684. The summed E-state index contributed by atoms with van der Waals surface area (Å²) in [6, 6.07) is 6.34. The summed E-state index contributed by atoms with van der Waals surface area (Å²) in [5, 5.41) is 9.70. The van der Waals surface area contributed by atoms with E-state index in [4.69, 9.17) is 0 Å². The standard InChI is InChI=1S/C19H31NO/c1-5-10-20(13-17-7-8-17)16(4)15(3)11-18-12-19(21)9-6-14(18)2/h6,9,12,15-17,21H,5,7-8,10-11,13H2,1-4H3/t15-,16-/m1/s1. The molecule has 2 atom stereocenters. The van der Waals surface area contributed by atoms with Crippen LogP contribution in [0.1, 0.15) is 51.2 Å². The minimum absolute atomic E-state index is 0.388. The Morgan fingerprint density at radius 2 is 2.00 bits per heavy atom. The van der Waals surface area contributed by atoms with Crippen LogP contribution in [-0.4, -0.2) is 29.1 Å². The lowest BCUT2D eigenvalue weighted by atomic mass is 9.91. The van der Waals surface area contributed by atoms with Crippen LogP contribution < -0.4 is 0 Å². The van der Waals surface area contributed by atoms with E-state index in [9.17, 15) is 5.11 Å². The average Bonchev–Trinajstić information content (AvgIpc) is 3.25. The van der Waals surface area contributed by atoms with E-state index in [0.29, 0.717) is 17.7 Å². The second-order valence-corrected chi connectivity index (χ2v) is 6.97. The molecule has 2 heteroatoms. The van der Waals surface area contributed by atoms with Crippen LogP contribution in [0.25, 0.3) is 0 Å². The summed E-state index contributed by atoms with van der Waals surface area (Å²) in [7, 11) is 0. The SMILES string of the molecule is CCCN(CC1CC1)[C@H](C)[C@H](C)Cc1cc(O)ccc1C.